The van der Waals surface area contributed by atoms with Gasteiger partial charge in [0.25, 0.3) is 0 Å². The molecule has 122 valence electrons. The summed E-state index contributed by atoms with van der Waals surface area (Å²) in [5, 5.41) is 8.48. The Hall–Kier alpha value is -2.45. The molecule has 3 rings (SSSR count). The van der Waals surface area contributed by atoms with Crippen molar-refractivity contribution in [3.8, 4) is 6.07 Å². The van der Waals surface area contributed by atoms with E-state index in [1.807, 2.05) is 32.0 Å². The molecule has 1 aliphatic rings. The van der Waals surface area contributed by atoms with Crippen molar-refractivity contribution in [1.82, 2.24) is 0 Å². The number of aldehydes is 1. The van der Waals surface area contributed by atoms with Crippen LogP contribution in [0.25, 0.3) is 0 Å². The molecular formula is C19H17NO3S. The highest BCUT2D eigenvalue weighted by Crippen LogP contribution is 2.62. The van der Waals surface area contributed by atoms with Crippen LogP contribution in [0.3, 0.4) is 0 Å². The fourth-order valence-electron chi connectivity index (χ4n) is 3.21. The summed E-state index contributed by atoms with van der Waals surface area (Å²) in [5.41, 5.74) is 1.17. The van der Waals surface area contributed by atoms with E-state index in [1.54, 1.807) is 24.3 Å². The van der Waals surface area contributed by atoms with E-state index in [4.69, 9.17) is 0 Å². The summed E-state index contributed by atoms with van der Waals surface area (Å²) in [6, 6.07) is 15.7. The number of nitrogens with zero attached hydrogens (tertiary/aromatic N) is 1. The highest BCUT2D eigenvalue weighted by Gasteiger charge is 2.72. The van der Waals surface area contributed by atoms with Crippen LogP contribution in [0.4, 0.5) is 0 Å². The first-order valence-corrected chi connectivity index (χ1v) is 9.16. The van der Waals surface area contributed by atoms with E-state index in [0.29, 0.717) is 11.8 Å². The molecule has 0 aliphatic heterocycles. The summed E-state index contributed by atoms with van der Waals surface area (Å²) < 4.78 is 26.0. The Morgan fingerprint density at radius 1 is 1.00 bits per heavy atom. The average molecular weight is 339 g/mol. The zero-order chi connectivity index (χ0) is 17.5. The van der Waals surface area contributed by atoms with Gasteiger partial charge in [0.1, 0.15) is 17.0 Å². The Labute approximate surface area is 141 Å². The van der Waals surface area contributed by atoms with Gasteiger partial charge in [-0.05, 0) is 31.5 Å². The Balaban J connectivity index is 2.08. The number of benzene rings is 2. The molecule has 0 unspecified atom stereocenters. The van der Waals surface area contributed by atoms with Gasteiger partial charge in [-0.2, -0.15) is 5.26 Å². The number of hydrogen-bond donors (Lipinski definition) is 0. The molecule has 0 bridgehead atoms. The van der Waals surface area contributed by atoms with Crippen LogP contribution in [0.5, 0.6) is 0 Å². The topological polar surface area (TPSA) is 75.0 Å². The first-order valence-electron chi connectivity index (χ1n) is 7.61. The number of hydrogen-bond acceptors (Lipinski definition) is 4. The van der Waals surface area contributed by atoms with E-state index >= 15 is 0 Å². The van der Waals surface area contributed by atoms with E-state index in [2.05, 4.69) is 0 Å². The van der Waals surface area contributed by atoms with Crippen molar-refractivity contribution in [3.05, 3.63) is 65.2 Å². The summed E-state index contributed by atoms with van der Waals surface area (Å²) in [7, 11) is -3.78. The van der Waals surface area contributed by atoms with Crippen molar-refractivity contribution in [3.63, 3.8) is 0 Å². The summed E-state index contributed by atoms with van der Waals surface area (Å²) in [6.45, 7) is 3.79. The van der Waals surface area contributed by atoms with Crippen LogP contribution in [0, 0.1) is 30.6 Å². The second kappa shape index (κ2) is 5.57. The Morgan fingerprint density at radius 3 is 1.96 bits per heavy atom. The van der Waals surface area contributed by atoms with E-state index in [0.717, 1.165) is 11.1 Å². The van der Waals surface area contributed by atoms with Gasteiger partial charge in [-0.1, -0.05) is 47.5 Å². The van der Waals surface area contributed by atoms with Crippen molar-refractivity contribution in [2.45, 2.75) is 29.9 Å². The van der Waals surface area contributed by atoms with Crippen molar-refractivity contribution in [1.29, 1.82) is 5.26 Å². The summed E-state index contributed by atoms with van der Waals surface area (Å²) in [4.78, 5) is 11.8. The molecule has 1 fully saturated rings. The highest BCUT2D eigenvalue weighted by molar-refractivity contribution is 7.92. The first kappa shape index (κ1) is 16.4. The Bertz CT molecular complexity index is 924. The molecule has 1 aliphatic carbocycles. The third kappa shape index (κ3) is 2.35. The molecule has 1 saturated carbocycles. The van der Waals surface area contributed by atoms with Crippen LogP contribution in [0.1, 0.15) is 22.6 Å². The number of rotatable bonds is 4. The number of nitriles is 1. The molecular weight excluding hydrogens is 322 g/mol. The molecule has 0 spiro atoms. The normalized spacial score (nSPS) is 25.7. The van der Waals surface area contributed by atoms with Crippen LogP contribution in [-0.2, 0) is 14.6 Å². The van der Waals surface area contributed by atoms with Crippen LogP contribution in [-0.4, -0.2) is 20.0 Å². The standard InChI is InChI=1S/C19H17NO3S/c1-13-3-7-15(8-4-13)17-18(19(17,11-20)12-21)24(22,23)16-9-5-14(2)6-10-16/h3-10,12,17-18H,1-2H3/t17-,18+,19+/m1/s1. The Kier molecular flexibility index (Phi) is 3.81. The monoisotopic (exact) mass is 339 g/mol. The van der Waals surface area contributed by atoms with Gasteiger partial charge in [0.15, 0.2) is 9.84 Å². The second-order valence-corrected chi connectivity index (χ2v) is 8.40. The van der Waals surface area contributed by atoms with Crippen molar-refractivity contribution in [2.24, 2.45) is 5.41 Å². The molecule has 5 heteroatoms. The lowest BCUT2D eigenvalue weighted by Gasteiger charge is -2.05. The molecule has 4 nitrogen and oxygen atoms in total. The smallest absolute Gasteiger partial charge is 0.183 e. The molecule has 24 heavy (non-hydrogen) atoms. The average Bonchev–Trinajstić information content (AvgIpc) is 3.26. The van der Waals surface area contributed by atoms with Gasteiger partial charge in [-0.25, -0.2) is 8.42 Å². The largest absolute Gasteiger partial charge is 0.302 e. The van der Waals surface area contributed by atoms with Gasteiger partial charge in [-0.15, -0.1) is 0 Å². The number of carbonyl (C=O) groups is 1. The third-order valence-electron chi connectivity index (χ3n) is 4.69. The minimum Gasteiger partial charge on any atom is -0.302 e. The zero-order valence-electron chi connectivity index (χ0n) is 13.4. The van der Waals surface area contributed by atoms with E-state index in [9.17, 15) is 18.5 Å². The molecule has 2 aromatic rings. The Morgan fingerprint density at radius 2 is 1.50 bits per heavy atom. The number of carbonyl (C=O) groups excluding carboxylic acids is 1. The van der Waals surface area contributed by atoms with Crippen LogP contribution in [0.2, 0.25) is 0 Å². The van der Waals surface area contributed by atoms with Crippen LogP contribution < -0.4 is 0 Å². The van der Waals surface area contributed by atoms with Crippen LogP contribution >= 0.6 is 0 Å². The highest BCUT2D eigenvalue weighted by atomic mass is 32.2. The summed E-state index contributed by atoms with van der Waals surface area (Å²) >= 11 is 0. The summed E-state index contributed by atoms with van der Waals surface area (Å²) in [5.74, 6) is -0.632. The maximum atomic E-state index is 13.0. The zero-order valence-corrected chi connectivity index (χ0v) is 14.2. The lowest BCUT2D eigenvalue weighted by atomic mass is 10.0. The van der Waals surface area contributed by atoms with Crippen molar-refractivity contribution >= 4 is 16.1 Å². The number of aryl methyl sites for hydroxylation is 2. The van der Waals surface area contributed by atoms with Gasteiger partial charge >= 0.3 is 0 Å². The van der Waals surface area contributed by atoms with E-state index < -0.39 is 26.4 Å². The van der Waals surface area contributed by atoms with Gasteiger partial charge in [0.05, 0.1) is 11.0 Å². The fourth-order valence-corrected chi connectivity index (χ4v) is 5.45. The maximum absolute atomic E-state index is 13.0. The van der Waals surface area contributed by atoms with Crippen LogP contribution in [0.15, 0.2) is 53.4 Å². The molecule has 0 heterocycles. The number of sulfone groups is 1. The van der Waals surface area contributed by atoms with Gasteiger partial charge in [0.2, 0.25) is 0 Å². The van der Waals surface area contributed by atoms with Gasteiger partial charge in [0, 0.05) is 5.92 Å². The summed E-state index contributed by atoms with van der Waals surface area (Å²) in [6.07, 6.45) is 0.494. The second-order valence-electron chi connectivity index (χ2n) is 6.33. The predicted molar refractivity (Wildman–Crippen MR) is 90.2 cm³/mol. The van der Waals surface area contributed by atoms with E-state index in [1.165, 1.54) is 12.1 Å². The fraction of sp³-hybridized carbons (Fsp3) is 0.263. The van der Waals surface area contributed by atoms with Crippen molar-refractivity contribution in [2.75, 3.05) is 0 Å². The third-order valence-corrected chi connectivity index (χ3v) is 6.95. The SMILES string of the molecule is Cc1ccc([C@@H]2[C@H](S(=O)(=O)c3ccc(C)cc3)[C@@]2(C#N)C=O)cc1. The lowest BCUT2D eigenvalue weighted by Crippen LogP contribution is -2.16. The minimum atomic E-state index is -3.78. The minimum absolute atomic E-state index is 0.147. The van der Waals surface area contributed by atoms with E-state index in [-0.39, 0.29) is 4.90 Å². The van der Waals surface area contributed by atoms with Crippen molar-refractivity contribution < 1.29 is 13.2 Å². The molecule has 0 amide bonds. The van der Waals surface area contributed by atoms with Gasteiger partial charge < -0.3 is 4.79 Å². The molecule has 0 saturated heterocycles. The predicted octanol–water partition coefficient (Wildman–Crippen LogP) is 2.95. The molecule has 3 atom stereocenters. The molecule has 0 radical (unpaired) electrons. The molecule has 2 aromatic carbocycles. The lowest BCUT2D eigenvalue weighted by molar-refractivity contribution is -0.110. The quantitative estimate of drug-likeness (QED) is 0.803. The molecule has 0 N–H and O–H groups in total. The first-order chi connectivity index (χ1) is 11.4. The molecule has 0 aromatic heterocycles. The van der Waals surface area contributed by atoms with Gasteiger partial charge in [-0.3, -0.25) is 0 Å². The maximum Gasteiger partial charge on any atom is 0.183 e.